The Labute approximate surface area is 204 Å². The van der Waals surface area contributed by atoms with Crippen LogP contribution in [0, 0.1) is 23.2 Å². The average molecular weight is 490 g/mol. The molecule has 1 fully saturated rings. The van der Waals surface area contributed by atoms with Crippen molar-refractivity contribution in [2.24, 2.45) is 23.2 Å². The van der Waals surface area contributed by atoms with Crippen molar-refractivity contribution in [2.45, 2.75) is 65.9 Å². The Morgan fingerprint density at radius 1 is 1.36 bits per heavy atom. The monoisotopic (exact) mass is 489 g/mol. The zero-order valence-electron chi connectivity index (χ0n) is 20.1. The van der Waals surface area contributed by atoms with Gasteiger partial charge in [-0.1, -0.05) is 26.8 Å². The number of nitrogens with zero attached hydrogens (tertiary/aromatic N) is 2. The van der Waals surface area contributed by atoms with Crippen molar-refractivity contribution in [1.29, 1.82) is 0 Å². The maximum absolute atomic E-state index is 13.0. The van der Waals surface area contributed by atoms with E-state index in [0.717, 1.165) is 25.0 Å². The second-order valence-corrected chi connectivity index (χ2v) is 11.9. The largest absolute Gasteiger partial charge is 0.392 e. The van der Waals surface area contributed by atoms with Crippen molar-refractivity contribution in [3.8, 4) is 0 Å². The highest BCUT2D eigenvalue weighted by molar-refractivity contribution is 7.16. The van der Waals surface area contributed by atoms with Gasteiger partial charge in [-0.15, -0.1) is 22.7 Å². The summed E-state index contributed by atoms with van der Waals surface area (Å²) in [5.41, 5.74) is 0.952. The molecule has 2 amide bonds. The Hall–Kier alpha value is -1.77. The molecule has 2 N–H and O–H groups in total. The fourth-order valence-electron chi connectivity index (χ4n) is 6.17. The number of thiazole rings is 1. The fourth-order valence-corrected chi connectivity index (χ4v) is 8.05. The molecular weight excluding hydrogens is 454 g/mol. The molecular formula is C25H35N3O3S2. The fraction of sp³-hybridized carbons (Fsp3) is 0.640. The van der Waals surface area contributed by atoms with Gasteiger partial charge >= 0.3 is 0 Å². The first-order valence-corrected chi connectivity index (χ1v) is 13.7. The number of aliphatic hydroxyl groups excluding tert-OH is 1. The van der Waals surface area contributed by atoms with Crippen LogP contribution in [0.5, 0.6) is 0 Å². The number of carbonyl (C=O) groups excluding carboxylic acids is 2. The van der Waals surface area contributed by atoms with Crippen LogP contribution in [-0.2, 0) is 11.2 Å². The number of aromatic nitrogens is 1. The number of aliphatic hydroxyl groups is 1. The quantitative estimate of drug-likeness (QED) is 0.597. The number of rotatable bonds is 6. The molecule has 0 radical (unpaired) electrons. The van der Waals surface area contributed by atoms with Gasteiger partial charge in [-0.25, -0.2) is 4.98 Å². The number of carbonyl (C=O) groups is 2. The molecule has 6 atom stereocenters. The Kier molecular flexibility index (Phi) is 6.99. The van der Waals surface area contributed by atoms with Crippen LogP contribution in [0.2, 0.25) is 0 Å². The Bertz CT molecular complexity index is 1000. The molecule has 0 unspecified atom stereocenters. The molecule has 6 nitrogen and oxygen atoms in total. The maximum atomic E-state index is 13.0. The SMILES string of the molecule is CCN(CC)C(=O)[C@@H](C)[C@@H]1CC[C@]2(C)Cc3sc(NC(=O)c4cccs4)nc3[C@@H](C)[C@@H]2[C@H]1O. The van der Waals surface area contributed by atoms with E-state index >= 15 is 0 Å². The van der Waals surface area contributed by atoms with E-state index in [9.17, 15) is 14.7 Å². The van der Waals surface area contributed by atoms with E-state index < -0.39 is 6.10 Å². The first kappa shape index (κ1) is 24.4. The second kappa shape index (κ2) is 9.47. The van der Waals surface area contributed by atoms with Crippen LogP contribution in [0.3, 0.4) is 0 Å². The summed E-state index contributed by atoms with van der Waals surface area (Å²) >= 11 is 2.97. The molecule has 2 aliphatic rings. The molecule has 2 heterocycles. The molecule has 2 aromatic rings. The van der Waals surface area contributed by atoms with E-state index in [1.54, 1.807) is 11.3 Å². The van der Waals surface area contributed by atoms with Crippen molar-refractivity contribution in [3.63, 3.8) is 0 Å². The van der Waals surface area contributed by atoms with E-state index in [2.05, 4.69) is 19.2 Å². The van der Waals surface area contributed by atoms with Gasteiger partial charge in [-0.3, -0.25) is 14.9 Å². The Balaban J connectivity index is 1.56. The summed E-state index contributed by atoms with van der Waals surface area (Å²) in [7, 11) is 0. The second-order valence-electron chi connectivity index (χ2n) is 9.90. The van der Waals surface area contributed by atoms with Gasteiger partial charge in [0.25, 0.3) is 5.91 Å². The topological polar surface area (TPSA) is 82.5 Å². The van der Waals surface area contributed by atoms with Crippen molar-refractivity contribution >= 4 is 39.6 Å². The molecule has 1 saturated carbocycles. The summed E-state index contributed by atoms with van der Waals surface area (Å²) in [6.45, 7) is 11.8. The number of hydrogen-bond donors (Lipinski definition) is 2. The van der Waals surface area contributed by atoms with Crippen LogP contribution in [-0.4, -0.2) is 46.0 Å². The molecule has 0 aromatic carbocycles. The molecule has 2 aromatic heterocycles. The van der Waals surface area contributed by atoms with Crippen molar-refractivity contribution in [1.82, 2.24) is 9.88 Å². The predicted molar refractivity (Wildman–Crippen MR) is 134 cm³/mol. The van der Waals surface area contributed by atoms with Gasteiger partial charge < -0.3 is 10.0 Å². The minimum absolute atomic E-state index is 0.0398. The van der Waals surface area contributed by atoms with Gasteiger partial charge in [0, 0.05) is 29.8 Å². The third-order valence-corrected chi connectivity index (χ3v) is 9.85. The lowest BCUT2D eigenvalue weighted by Crippen LogP contribution is -2.53. The number of anilines is 1. The molecule has 0 aliphatic heterocycles. The minimum atomic E-state index is -0.549. The van der Waals surface area contributed by atoms with E-state index in [1.807, 2.05) is 43.2 Å². The molecule has 0 bridgehead atoms. The van der Waals surface area contributed by atoms with E-state index in [4.69, 9.17) is 4.98 Å². The zero-order chi connectivity index (χ0) is 23.9. The number of fused-ring (bicyclic) bond motifs is 2. The van der Waals surface area contributed by atoms with Gasteiger partial charge in [-0.2, -0.15) is 0 Å². The van der Waals surface area contributed by atoms with Crippen LogP contribution in [0.15, 0.2) is 17.5 Å². The molecule has 0 spiro atoms. The van der Waals surface area contributed by atoms with Gasteiger partial charge in [0.1, 0.15) is 0 Å². The third kappa shape index (κ3) is 4.37. The van der Waals surface area contributed by atoms with E-state index in [0.29, 0.717) is 23.1 Å². The van der Waals surface area contributed by atoms with Gasteiger partial charge in [0.2, 0.25) is 5.91 Å². The van der Waals surface area contributed by atoms with E-state index in [1.165, 1.54) is 16.2 Å². The lowest BCUT2D eigenvalue weighted by Gasteiger charge is -2.53. The Morgan fingerprint density at radius 3 is 2.73 bits per heavy atom. The number of nitrogens with one attached hydrogen (secondary N) is 1. The minimum Gasteiger partial charge on any atom is -0.392 e. The summed E-state index contributed by atoms with van der Waals surface area (Å²) in [6, 6.07) is 3.67. The molecule has 33 heavy (non-hydrogen) atoms. The predicted octanol–water partition coefficient (Wildman–Crippen LogP) is 5.01. The first-order chi connectivity index (χ1) is 15.7. The smallest absolute Gasteiger partial charge is 0.267 e. The molecule has 2 aliphatic carbocycles. The third-order valence-electron chi connectivity index (χ3n) is 7.99. The van der Waals surface area contributed by atoms with E-state index in [-0.39, 0.29) is 40.9 Å². The maximum Gasteiger partial charge on any atom is 0.267 e. The zero-order valence-corrected chi connectivity index (χ0v) is 21.8. The van der Waals surface area contributed by atoms with Crippen molar-refractivity contribution in [3.05, 3.63) is 33.0 Å². The summed E-state index contributed by atoms with van der Waals surface area (Å²) in [6.07, 6.45) is 2.14. The number of hydrogen-bond acceptors (Lipinski definition) is 6. The Morgan fingerprint density at radius 2 is 2.09 bits per heavy atom. The van der Waals surface area contributed by atoms with Crippen LogP contribution in [0.25, 0.3) is 0 Å². The summed E-state index contributed by atoms with van der Waals surface area (Å²) < 4.78 is 0. The molecule has 8 heteroatoms. The van der Waals surface area contributed by atoms with Crippen LogP contribution < -0.4 is 5.32 Å². The lowest BCUT2D eigenvalue weighted by atomic mass is 9.53. The summed E-state index contributed by atoms with van der Waals surface area (Å²) in [4.78, 5) is 34.1. The highest BCUT2D eigenvalue weighted by Gasteiger charge is 2.54. The highest BCUT2D eigenvalue weighted by Crippen LogP contribution is 2.57. The molecule has 4 rings (SSSR count). The van der Waals surface area contributed by atoms with Gasteiger partial charge in [0.15, 0.2) is 5.13 Å². The molecule has 180 valence electrons. The summed E-state index contributed by atoms with van der Waals surface area (Å²) in [5, 5.41) is 17.1. The van der Waals surface area contributed by atoms with Crippen LogP contribution >= 0.6 is 22.7 Å². The van der Waals surface area contributed by atoms with Gasteiger partial charge in [0.05, 0.1) is 16.7 Å². The van der Waals surface area contributed by atoms with Gasteiger partial charge in [-0.05, 0) is 61.8 Å². The van der Waals surface area contributed by atoms with Crippen molar-refractivity contribution < 1.29 is 14.7 Å². The van der Waals surface area contributed by atoms with Crippen LogP contribution in [0.1, 0.15) is 73.6 Å². The van der Waals surface area contributed by atoms with Crippen molar-refractivity contribution in [2.75, 3.05) is 18.4 Å². The first-order valence-electron chi connectivity index (χ1n) is 12.0. The normalized spacial score (nSPS) is 29.6. The van der Waals surface area contributed by atoms with Crippen LogP contribution in [0.4, 0.5) is 5.13 Å². The standard InChI is InChI=1S/C25H35N3O3S2/c1-6-28(7-2)23(31)14(3)16-10-11-25(5)13-18-20(15(4)19(25)21(16)29)26-24(33-18)27-22(30)17-9-8-12-32-17/h8-9,12,14-16,19,21,29H,6-7,10-11,13H2,1-5H3,(H,26,27,30)/t14-,15-,16-,19+,21-,25+/m0/s1. The number of thiophene rings is 1. The lowest BCUT2D eigenvalue weighted by molar-refractivity contribution is -0.144. The highest BCUT2D eigenvalue weighted by atomic mass is 32.1. The molecule has 0 saturated heterocycles. The number of amides is 2. The summed E-state index contributed by atoms with van der Waals surface area (Å²) in [5.74, 6) is -0.124. The average Bonchev–Trinajstić information content (AvgIpc) is 3.44.